The first-order valence-corrected chi connectivity index (χ1v) is 12.6. The summed E-state index contributed by atoms with van der Waals surface area (Å²) in [7, 11) is 0. The Morgan fingerprint density at radius 2 is 1.43 bits per heavy atom. The molecule has 2 aliphatic rings. The van der Waals surface area contributed by atoms with Gasteiger partial charge in [-0.05, 0) is 5.56 Å². The van der Waals surface area contributed by atoms with Gasteiger partial charge in [-0.25, -0.2) is 0 Å². The molecule has 0 aliphatic carbocycles. The van der Waals surface area contributed by atoms with E-state index in [4.69, 9.17) is 23.7 Å². The van der Waals surface area contributed by atoms with Crippen LogP contribution in [0.5, 0.6) is 0 Å². The molecule has 2 heterocycles. The minimum absolute atomic E-state index is 0.293. The summed E-state index contributed by atoms with van der Waals surface area (Å²) < 4.78 is 27.5. The Bertz CT molecular complexity index is 1110. The molecular formula is C26H33N3O11. The Hall–Kier alpha value is -4.04. The Labute approximate surface area is 230 Å². The normalized spacial score (nSPS) is 27.9. The van der Waals surface area contributed by atoms with Crippen LogP contribution in [0.15, 0.2) is 30.3 Å². The highest BCUT2D eigenvalue weighted by molar-refractivity contribution is 5.97. The van der Waals surface area contributed by atoms with Crippen LogP contribution in [-0.2, 0) is 58.9 Å². The Balaban J connectivity index is 1.77. The first kappa shape index (κ1) is 30.5. The summed E-state index contributed by atoms with van der Waals surface area (Å²) >= 11 is 0. The first-order valence-electron chi connectivity index (χ1n) is 12.6. The smallest absolute Gasteiger partial charge is 0.303 e. The monoisotopic (exact) mass is 563 g/mol. The van der Waals surface area contributed by atoms with E-state index in [0.29, 0.717) is 6.42 Å². The lowest BCUT2D eigenvalue weighted by Gasteiger charge is -2.45. The van der Waals surface area contributed by atoms with Gasteiger partial charge in [0, 0.05) is 34.1 Å². The third-order valence-electron chi connectivity index (χ3n) is 6.05. The van der Waals surface area contributed by atoms with Gasteiger partial charge in [-0.1, -0.05) is 30.3 Å². The highest BCUT2D eigenvalue weighted by Crippen LogP contribution is 2.28. The van der Waals surface area contributed by atoms with E-state index >= 15 is 0 Å². The molecule has 2 aliphatic heterocycles. The number of amides is 3. The Morgan fingerprint density at radius 3 is 2.02 bits per heavy atom. The quantitative estimate of drug-likeness (QED) is 0.231. The zero-order valence-corrected chi connectivity index (χ0v) is 22.5. The predicted molar refractivity (Wildman–Crippen MR) is 134 cm³/mol. The summed E-state index contributed by atoms with van der Waals surface area (Å²) in [4.78, 5) is 72.8. The SMILES string of the molecule is CC(=O)N[C@H]1[C@@H](OC[C@@H]2NC(=O)[C@@H](Cc3ccccc3)NC2=O)O[C@H](COC(C)=O)[C@@H](OC(C)=O)[C@@H]1OC(C)=O. The number of rotatable bonds is 10. The average molecular weight is 564 g/mol. The van der Waals surface area contributed by atoms with E-state index in [1.807, 2.05) is 30.3 Å². The third-order valence-corrected chi connectivity index (χ3v) is 6.05. The Morgan fingerprint density at radius 1 is 0.825 bits per heavy atom. The van der Waals surface area contributed by atoms with Crippen molar-refractivity contribution in [1.29, 1.82) is 0 Å². The molecule has 7 atom stereocenters. The maximum Gasteiger partial charge on any atom is 0.303 e. The summed E-state index contributed by atoms with van der Waals surface area (Å²) in [6, 6.07) is 6.09. The zero-order valence-electron chi connectivity index (χ0n) is 22.5. The molecule has 2 fully saturated rings. The second kappa shape index (κ2) is 13.8. The maximum atomic E-state index is 12.8. The average Bonchev–Trinajstić information content (AvgIpc) is 2.87. The summed E-state index contributed by atoms with van der Waals surface area (Å²) in [5.74, 6) is -3.62. The highest BCUT2D eigenvalue weighted by Gasteiger charge is 2.51. The Kier molecular flexibility index (Phi) is 10.6. The van der Waals surface area contributed by atoms with E-state index in [9.17, 15) is 28.8 Å². The number of nitrogens with one attached hydrogen (secondary N) is 3. The molecule has 0 spiro atoms. The zero-order chi connectivity index (χ0) is 29.4. The van der Waals surface area contributed by atoms with Gasteiger partial charge in [0.15, 0.2) is 18.5 Å². The molecule has 40 heavy (non-hydrogen) atoms. The van der Waals surface area contributed by atoms with Gasteiger partial charge in [0.25, 0.3) is 0 Å². The van der Waals surface area contributed by atoms with Gasteiger partial charge in [0.2, 0.25) is 17.7 Å². The standard InChI is InChI=1S/C26H33N3O11/c1-13(30)27-21-23(39-16(4)33)22(38-15(3)32)20(12-36-14(2)31)40-26(21)37-11-19-25(35)28-18(24(34)29-19)10-17-8-6-5-7-9-17/h5-9,18-23,26H,10-12H2,1-4H3,(H,27,30)(H,28,35)(H,29,34)/t18-,19+,20-,21-,22-,23-,26+/m1/s1. The van der Waals surface area contributed by atoms with Crippen LogP contribution in [0.25, 0.3) is 0 Å². The molecule has 218 valence electrons. The molecule has 14 nitrogen and oxygen atoms in total. The number of carbonyl (C=O) groups excluding carboxylic acids is 6. The van der Waals surface area contributed by atoms with Gasteiger partial charge in [0.05, 0.1) is 6.61 Å². The molecular weight excluding hydrogens is 530 g/mol. The third kappa shape index (κ3) is 8.48. The molecule has 0 aromatic heterocycles. The maximum absolute atomic E-state index is 12.8. The van der Waals surface area contributed by atoms with Crippen LogP contribution in [0.3, 0.4) is 0 Å². The van der Waals surface area contributed by atoms with E-state index in [0.717, 1.165) is 26.3 Å². The molecule has 3 N–H and O–H groups in total. The van der Waals surface area contributed by atoms with Crippen molar-refractivity contribution in [3.63, 3.8) is 0 Å². The van der Waals surface area contributed by atoms with Gasteiger partial charge >= 0.3 is 17.9 Å². The van der Waals surface area contributed by atoms with Gasteiger partial charge in [-0.15, -0.1) is 0 Å². The summed E-state index contributed by atoms with van der Waals surface area (Å²) in [5, 5.41) is 7.86. The minimum atomic E-state index is -1.37. The molecule has 1 aromatic carbocycles. The molecule has 14 heteroatoms. The molecule has 0 radical (unpaired) electrons. The van der Waals surface area contributed by atoms with E-state index in [1.54, 1.807) is 0 Å². The number of piperazine rings is 1. The van der Waals surface area contributed by atoms with Gasteiger partial charge in [-0.3, -0.25) is 28.8 Å². The van der Waals surface area contributed by atoms with E-state index in [-0.39, 0.29) is 6.61 Å². The van der Waals surface area contributed by atoms with Gasteiger partial charge in [-0.2, -0.15) is 0 Å². The van der Waals surface area contributed by atoms with E-state index in [1.165, 1.54) is 6.92 Å². The fourth-order valence-electron chi connectivity index (χ4n) is 4.41. The lowest BCUT2D eigenvalue weighted by Crippen LogP contribution is -2.68. The number of esters is 3. The van der Waals surface area contributed by atoms with Crippen LogP contribution in [0.1, 0.15) is 33.3 Å². The molecule has 2 saturated heterocycles. The fraction of sp³-hybridized carbons (Fsp3) is 0.538. The summed E-state index contributed by atoms with van der Waals surface area (Å²) in [6.45, 7) is 3.82. The number of hydrogen-bond donors (Lipinski definition) is 3. The van der Waals surface area contributed by atoms with E-state index in [2.05, 4.69) is 16.0 Å². The summed E-state index contributed by atoms with van der Waals surface area (Å²) in [5.41, 5.74) is 0.865. The number of hydrogen-bond acceptors (Lipinski definition) is 11. The lowest BCUT2D eigenvalue weighted by molar-refractivity contribution is -0.278. The topological polar surface area (TPSA) is 185 Å². The minimum Gasteiger partial charge on any atom is -0.463 e. The fourth-order valence-corrected chi connectivity index (χ4v) is 4.41. The molecule has 0 saturated carbocycles. The van der Waals surface area contributed by atoms with Crippen molar-refractivity contribution in [3.05, 3.63) is 35.9 Å². The van der Waals surface area contributed by atoms with Crippen molar-refractivity contribution in [1.82, 2.24) is 16.0 Å². The molecule has 3 rings (SSSR count). The van der Waals surface area contributed by atoms with Crippen LogP contribution in [0, 0.1) is 0 Å². The molecule has 0 unspecified atom stereocenters. The molecule has 3 amide bonds. The molecule has 1 aromatic rings. The van der Waals surface area contributed by atoms with E-state index < -0.39 is 85.0 Å². The number of carbonyl (C=O) groups is 6. The van der Waals surface area contributed by atoms with Gasteiger partial charge < -0.3 is 39.6 Å². The van der Waals surface area contributed by atoms with Crippen LogP contribution >= 0.6 is 0 Å². The second-order valence-electron chi connectivity index (χ2n) is 9.37. The second-order valence-corrected chi connectivity index (χ2v) is 9.37. The van der Waals surface area contributed by atoms with Crippen molar-refractivity contribution in [3.8, 4) is 0 Å². The van der Waals surface area contributed by atoms with Crippen molar-refractivity contribution >= 4 is 35.6 Å². The van der Waals surface area contributed by atoms with Crippen molar-refractivity contribution in [2.45, 2.75) is 76.8 Å². The number of ether oxygens (including phenoxy) is 5. The largest absolute Gasteiger partial charge is 0.463 e. The lowest BCUT2D eigenvalue weighted by atomic mass is 9.96. The highest BCUT2D eigenvalue weighted by atomic mass is 16.7. The first-order chi connectivity index (χ1) is 18.9. The van der Waals surface area contributed by atoms with Crippen LogP contribution < -0.4 is 16.0 Å². The predicted octanol–water partition coefficient (Wildman–Crippen LogP) is -1.11. The van der Waals surface area contributed by atoms with Crippen LogP contribution in [0.4, 0.5) is 0 Å². The van der Waals surface area contributed by atoms with Crippen LogP contribution in [-0.4, -0.2) is 91.6 Å². The van der Waals surface area contributed by atoms with Gasteiger partial charge in [0.1, 0.15) is 30.8 Å². The van der Waals surface area contributed by atoms with Crippen molar-refractivity contribution < 1.29 is 52.5 Å². The number of benzene rings is 1. The molecule has 0 bridgehead atoms. The summed E-state index contributed by atoms with van der Waals surface area (Å²) in [6.07, 6.45) is -4.84. The van der Waals surface area contributed by atoms with Crippen molar-refractivity contribution in [2.75, 3.05) is 13.2 Å². The van der Waals surface area contributed by atoms with Crippen molar-refractivity contribution in [2.24, 2.45) is 0 Å². The van der Waals surface area contributed by atoms with Crippen LogP contribution in [0.2, 0.25) is 0 Å².